The molecule has 1 aromatic rings. The summed E-state index contributed by atoms with van der Waals surface area (Å²) in [6.45, 7) is 6.34. The maximum absolute atomic E-state index is 10.5. The Morgan fingerprint density at radius 3 is 2.60 bits per heavy atom. The second-order valence-electron chi connectivity index (χ2n) is 4.28. The van der Waals surface area contributed by atoms with Crippen molar-refractivity contribution in [2.75, 3.05) is 0 Å². The molecule has 0 atom stereocenters. The van der Waals surface area contributed by atoms with Gasteiger partial charge in [0.05, 0.1) is 4.92 Å². The third kappa shape index (κ3) is 4.03. The number of nitro benzene ring substituents is 1. The number of rotatable bonds is 3. The molecule has 0 amide bonds. The average Bonchev–Trinajstić information content (AvgIpc) is 2.14. The zero-order valence-electron chi connectivity index (χ0n) is 9.10. The summed E-state index contributed by atoms with van der Waals surface area (Å²) in [6, 6.07) is 6.50. The molecule has 0 fully saturated rings. The predicted octanol–water partition coefficient (Wildman–Crippen LogP) is 2.85. The summed E-state index contributed by atoms with van der Waals surface area (Å²) in [7, 11) is -1.48. The van der Waals surface area contributed by atoms with Crippen LogP contribution in [0, 0.1) is 10.1 Å². The summed E-state index contributed by atoms with van der Waals surface area (Å²) in [5, 5.41) is 10.5. The second-order valence-corrected chi connectivity index (χ2v) is 8.88. The van der Waals surface area contributed by atoms with Crippen LogP contribution in [0.2, 0.25) is 19.6 Å². The highest BCUT2D eigenvalue weighted by atomic mass is 28.3. The third-order valence-electron chi connectivity index (χ3n) is 1.68. The van der Waals surface area contributed by atoms with E-state index in [0.717, 1.165) is 5.56 Å². The van der Waals surface area contributed by atoms with Gasteiger partial charge in [0.1, 0.15) is 0 Å². The second kappa shape index (κ2) is 4.35. The molecule has 0 radical (unpaired) electrons. The van der Waals surface area contributed by atoms with Crippen molar-refractivity contribution < 1.29 is 4.92 Å². The van der Waals surface area contributed by atoms with Crippen molar-refractivity contribution in [3.8, 4) is 0 Å². The van der Waals surface area contributed by atoms with Crippen LogP contribution in [0.4, 0.5) is 5.69 Å². The van der Waals surface area contributed by atoms with Gasteiger partial charge in [0.15, 0.2) is 8.24 Å². The lowest BCUT2D eigenvalue weighted by Gasteiger charge is -2.07. The summed E-state index contributed by atoms with van der Waals surface area (Å²) in [4.78, 5) is 10.1. The van der Waals surface area contributed by atoms with Crippen LogP contribution in [0.15, 0.2) is 28.9 Å². The topological polar surface area (TPSA) is 55.5 Å². The van der Waals surface area contributed by atoms with Gasteiger partial charge in [-0.25, -0.2) is 0 Å². The minimum Gasteiger partial charge on any atom is -0.329 e. The molecule has 0 unspecified atom stereocenters. The molecular weight excluding hydrogens is 208 g/mol. The van der Waals surface area contributed by atoms with Crippen molar-refractivity contribution in [3.63, 3.8) is 0 Å². The SMILES string of the molecule is C[Si](C)(C)/N=C/c1cccc([N+](=O)[O-])c1. The Labute approximate surface area is 89.9 Å². The van der Waals surface area contributed by atoms with Crippen LogP contribution < -0.4 is 0 Å². The molecule has 15 heavy (non-hydrogen) atoms. The van der Waals surface area contributed by atoms with Gasteiger partial charge in [0.2, 0.25) is 0 Å². The van der Waals surface area contributed by atoms with Crippen molar-refractivity contribution >= 4 is 20.1 Å². The average molecular weight is 222 g/mol. The molecule has 0 saturated heterocycles. The molecule has 80 valence electrons. The zero-order valence-corrected chi connectivity index (χ0v) is 10.1. The molecule has 0 spiro atoms. The van der Waals surface area contributed by atoms with E-state index in [0.29, 0.717) is 0 Å². The fraction of sp³-hybridized carbons (Fsp3) is 0.300. The van der Waals surface area contributed by atoms with Crippen LogP contribution in [0.25, 0.3) is 0 Å². The van der Waals surface area contributed by atoms with Crippen LogP contribution in [-0.2, 0) is 0 Å². The fourth-order valence-corrected chi connectivity index (χ4v) is 1.52. The number of nitrogens with zero attached hydrogens (tertiary/aromatic N) is 2. The predicted molar refractivity (Wildman–Crippen MR) is 64.0 cm³/mol. The van der Waals surface area contributed by atoms with E-state index in [1.165, 1.54) is 12.1 Å². The van der Waals surface area contributed by atoms with E-state index in [1.54, 1.807) is 12.3 Å². The van der Waals surface area contributed by atoms with Gasteiger partial charge in [-0.1, -0.05) is 12.1 Å². The largest absolute Gasteiger partial charge is 0.329 e. The maximum atomic E-state index is 10.5. The Bertz CT molecular complexity index is 397. The van der Waals surface area contributed by atoms with Crippen LogP contribution in [0.3, 0.4) is 0 Å². The molecule has 0 heterocycles. The summed E-state index contributed by atoms with van der Waals surface area (Å²) in [5.74, 6) is 0. The number of hydrogen-bond donors (Lipinski definition) is 0. The van der Waals surface area contributed by atoms with E-state index in [9.17, 15) is 10.1 Å². The Morgan fingerprint density at radius 1 is 1.40 bits per heavy atom. The molecule has 0 aromatic heterocycles. The Hall–Kier alpha value is -1.49. The fourth-order valence-electron chi connectivity index (χ4n) is 0.987. The summed E-state index contributed by atoms with van der Waals surface area (Å²) in [6.07, 6.45) is 1.72. The summed E-state index contributed by atoms with van der Waals surface area (Å²) >= 11 is 0. The summed E-state index contributed by atoms with van der Waals surface area (Å²) in [5.41, 5.74) is 0.890. The van der Waals surface area contributed by atoms with Crippen molar-refractivity contribution in [2.45, 2.75) is 19.6 Å². The molecule has 0 aliphatic carbocycles. The van der Waals surface area contributed by atoms with E-state index in [1.807, 2.05) is 6.07 Å². The minimum atomic E-state index is -1.48. The van der Waals surface area contributed by atoms with Crippen LogP contribution >= 0.6 is 0 Å². The van der Waals surface area contributed by atoms with Crippen molar-refractivity contribution in [1.29, 1.82) is 0 Å². The smallest absolute Gasteiger partial charge is 0.270 e. The molecule has 1 aromatic carbocycles. The van der Waals surface area contributed by atoms with Gasteiger partial charge in [0, 0.05) is 18.3 Å². The first-order valence-corrected chi connectivity index (χ1v) is 8.13. The van der Waals surface area contributed by atoms with Gasteiger partial charge in [-0.05, 0) is 25.2 Å². The first kappa shape index (κ1) is 11.6. The highest BCUT2D eigenvalue weighted by molar-refractivity contribution is 6.75. The lowest BCUT2D eigenvalue weighted by Crippen LogP contribution is -2.16. The van der Waals surface area contributed by atoms with E-state index in [4.69, 9.17) is 0 Å². The van der Waals surface area contributed by atoms with Gasteiger partial charge < -0.3 is 4.66 Å². The van der Waals surface area contributed by atoms with Gasteiger partial charge in [0.25, 0.3) is 5.69 Å². The molecule has 0 saturated carbocycles. The van der Waals surface area contributed by atoms with Gasteiger partial charge >= 0.3 is 0 Å². The van der Waals surface area contributed by atoms with Crippen molar-refractivity contribution in [2.24, 2.45) is 4.66 Å². The molecule has 4 nitrogen and oxygen atoms in total. The molecule has 0 aliphatic heterocycles. The van der Waals surface area contributed by atoms with Gasteiger partial charge in [-0.15, -0.1) is 0 Å². The van der Waals surface area contributed by atoms with E-state index in [2.05, 4.69) is 24.3 Å². The highest BCUT2D eigenvalue weighted by Gasteiger charge is 2.10. The Morgan fingerprint density at radius 2 is 2.07 bits per heavy atom. The normalized spacial score (nSPS) is 11.9. The van der Waals surface area contributed by atoms with Crippen molar-refractivity contribution in [3.05, 3.63) is 39.9 Å². The first-order chi connectivity index (χ1) is 6.88. The highest BCUT2D eigenvalue weighted by Crippen LogP contribution is 2.12. The monoisotopic (exact) mass is 222 g/mol. The molecule has 0 N–H and O–H groups in total. The first-order valence-electron chi connectivity index (χ1n) is 4.68. The molecule has 5 heteroatoms. The minimum absolute atomic E-state index is 0.106. The number of hydrogen-bond acceptors (Lipinski definition) is 3. The quantitative estimate of drug-likeness (QED) is 0.342. The summed E-state index contributed by atoms with van der Waals surface area (Å²) < 4.78 is 4.42. The van der Waals surface area contributed by atoms with Gasteiger partial charge in [-0.3, -0.25) is 10.1 Å². The molecule has 1 rings (SSSR count). The standard InChI is InChI=1S/C10H14N2O2Si/c1-15(2,3)11-8-9-5-4-6-10(7-9)12(13)14/h4-8H,1-3H3/b11-8+. The van der Waals surface area contributed by atoms with Crippen molar-refractivity contribution in [1.82, 2.24) is 0 Å². The lowest BCUT2D eigenvalue weighted by molar-refractivity contribution is -0.384. The molecular formula is C10H14N2O2Si. The lowest BCUT2D eigenvalue weighted by atomic mass is 10.2. The third-order valence-corrected chi connectivity index (χ3v) is 2.59. The number of non-ortho nitro benzene ring substituents is 1. The van der Waals surface area contributed by atoms with E-state index >= 15 is 0 Å². The van der Waals surface area contributed by atoms with Crippen LogP contribution in [0.5, 0.6) is 0 Å². The number of nitro groups is 1. The van der Waals surface area contributed by atoms with Crippen LogP contribution in [-0.4, -0.2) is 19.4 Å². The maximum Gasteiger partial charge on any atom is 0.270 e. The zero-order chi connectivity index (χ0) is 11.5. The Balaban J connectivity index is 2.92. The van der Waals surface area contributed by atoms with E-state index < -0.39 is 13.2 Å². The Kier molecular flexibility index (Phi) is 3.36. The van der Waals surface area contributed by atoms with Crippen LogP contribution in [0.1, 0.15) is 5.56 Å². The van der Waals surface area contributed by atoms with E-state index in [-0.39, 0.29) is 5.69 Å². The molecule has 0 aliphatic rings. The molecule has 0 bridgehead atoms. The number of benzene rings is 1. The van der Waals surface area contributed by atoms with Gasteiger partial charge in [-0.2, -0.15) is 0 Å².